The van der Waals surface area contributed by atoms with Crippen LogP contribution in [0.4, 0.5) is 5.69 Å². The molecule has 0 aliphatic heterocycles. The molecule has 76 valence electrons. The Morgan fingerprint density at radius 1 is 1.43 bits per heavy atom. The molecule has 0 spiro atoms. The second kappa shape index (κ2) is 5.02. The maximum absolute atomic E-state index is 11.1. The van der Waals surface area contributed by atoms with Crippen LogP contribution < -0.4 is 5.32 Å². The predicted molar refractivity (Wildman–Crippen MR) is 58.5 cm³/mol. The minimum absolute atomic E-state index is 0.387. The zero-order valence-corrected chi connectivity index (χ0v) is 8.97. The molecule has 1 amide bonds. The molecular weight excluding hydrogens is 198 g/mol. The van der Waals surface area contributed by atoms with Crippen molar-refractivity contribution in [1.82, 2.24) is 0 Å². The highest BCUT2D eigenvalue weighted by molar-refractivity contribution is 7.98. The largest absolute Gasteiger partial charge is 0.384 e. The fraction of sp³-hybridized carbons (Fsp3) is 0.300. The van der Waals surface area contributed by atoms with Gasteiger partial charge >= 0.3 is 0 Å². The highest BCUT2D eigenvalue weighted by Gasteiger charge is 2.07. The summed E-state index contributed by atoms with van der Waals surface area (Å²) in [6, 6.07) is 7.46. The molecule has 0 aromatic heterocycles. The standard InChI is InChI=1S/C10H13NO2S/c1-7(12)10(13)11-8-3-5-9(14-2)6-4-8/h3-7,12H,1-2H3,(H,11,13). The van der Waals surface area contributed by atoms with Crippen LogP contribution in [-0.4, -0.2) is 23.4 Å². The second-order valence-corrected chi connectivity index (χ2v) is 3.77. The fourth-order valence-electron chi connectivity index (χ4n) is 0.921. The number of aliphatic hydroxyl groups is 1. The third-order valence-electron chi connectivity index (χ3n) is 1.74. The molecule has 0 bridgehead atoms. The van der Waals surface area contributed by atoms with Crippen LogP contribution in [0.1, 0.15) is 6.92 Å². The lowest BCUT2D eigenvalue weighted by Crippen LogP contribution is -2.24. The van der Waals surface area contributed by atoms with Gasteiger partial charge in [0.05, 0.1) is 0 Å². The van der Waals surface area contributed by atoms with E-state index in [2.05, 4.69) is 5.32 Å². The number of benzene rings is 1. The summed E-state index contributed by atoms with van der Waals surface area (Å²) in [4.78, 5) is 12.2. The van der Waals surface area contributed by atoms with Crippen LogP contribution in [0.2, 0.25) is 0 Å². The first-order valence-corrected chi connectivity index (χ1v) is 5.49. The molecule has 0 heterocycles. The van der Waals surface area contributed by atoms with E-state index in [4.69, 9.17) is 5.11 Å². The topological polar surface area (TPSA) is 49.3 Å². The summed E-state index contributed by atoms with van der Waals surface area (Å²) in [5.41, 5.74) is 0.703. The van der Waals surface area contributed by atoms with Crippen LogP contribution in [0.5, 0.6) is 0 Å². The SMILES string of the molecule is CSc1ccc(NC(=O)C(C)O)cc1. The first-order valence-electron chi connectivity index (χ1n) is 4.26. The minimum atomic E-state index is -0.977. The normalized spacial score (nSPS) is 12.2. The summed E-state index contributed by atoms with van der Waals surface area (Å²) in [5.74, 6) is -0.387. The number of anilines is 1. The van der Waals surface area contributed by atoms with Crippen molar-refractivity contribution in [2.45, 2.75) is 17.9 Å². The molecule has 3 nitrogen and oxygen atoms in total. The molecule has 2 N–H and O–H groups in total. The molecule has 4 heteroatoms. The zero-order valence-electron chi connectivity index (χ0n) is 8.15. The monoisotopic (exact) mass is 211 g/mol. The second-order valence-electron chi connectivity index (χ2n) is 2.89. The van der Waals surface area contributed by atoms with Gasteiger partial charge in [0.1, 0.15) is 6.10 Å². The lowest BCUT2D eigenvalue weighted by Gasteiger charge is -2.07. The van der Waals surface area contributed by atoms with Crippen molar-refractivity contribution in [3.63, 3.8) is 0 Å². The quantitative estimate of drug-likeness (QED) is 0.748. The Morgan fingerprint density at radius 2 is 2.00 bits per heavy atom. The van der Waals surface area contributed by atoms with Crippen molar-refractivity contribution in [2.24, 2.45) is 0 Å². The van der Waals surface area contributed by atoms with Gasteiger partial charge in [-0.05, 0) is 37.4 Å². The highest BCUT2D eigenvalue weighted by Crippen LogP contribution is 2.17. The molecular formula is C10H13NO2S. The van der Waals surface area contributed by atoms with E-state index >= 15 is 0 Å². The number of thioether (sulfide) groups is 1. The Kier molecular flexibility index (Phi) is 3.98. The maximum Gasteiger partial charge on any atom is 0.252 e. The van der Waals surface area contributed by atoms with Crippen LogP contribution in [0.15, 0.2) is 29.2 Å². The van der Waals surface area contributed by atoms with Crippen molar-refractivity contribution in [3.05, 3.63) is 24.3 Å². The van der Waals surface area contributed by atoms with Crippen molar-refractivity contribution in [3.8, 4) is 0 Å². The number of amides is 1. The van der Waals surface area contributed by atoms with E-state index < -0.39 is 6.10 Å². The summed E-state index contributed by atoms with van der Waals surface area (Å²) in [6.45, 7) is 1.44. The van der Waals surface area contributed by atoms with E-state index in [1.54, 1.807) is 11.8 Å². The van der Waals surface area contributed by atoms with Gasteiger partial charge in [-0.3, -0.25) is 4.79 Å². The maximum atomic E-state index is 11.1. The van der Waals surface area contributed by atoms with Gasteiger partial charge in [0, 0.05) is 10.6 Å². The van der Waals surface area contributed by atoms with Crippen molar-refractivity contribution in [1.29, 1.82) is 0 Å². The average molecular weight is 211 g/mol. The van der Waals surface area contributed by atoms with Crippen LogP contribution in [0.3, 0.4) is 0 Å². The van der Waals surface area contributed by atoms with E-state index in [1.807, 2.05) is 30.5 Å². The van der Waals surface area contributed by atoms with Gasteiger partial charge in [-0.25, -0.2) is 0 Å². The molecule has 1 aromatic carbocycles. The van der Waals surface area contributed by atoms with E-state index in [1.165, 1.54) is 6.92 Å². The van der Waals surface area contributed by atoms with Gasteiger partial charge in [-0.2, -0.15) is 0 Å². The Hall–Kier alpha value is -1.00. The molecule has 1 rings (SSSR count). The van der Waals surface area contributed by atoms with Crippen LogP contribution in [0.25, 0.3) is 0 Å². The van der Waals surface area contributed by atoms with E-state index in [0.717, 1.165) is 4.90 Å². The number of aliphatic hydroxyl groups excluding tert-OH is 1. The van der Waals surface area contributed by atoms with Gasteiger partial charge in [-0.15, -0.1) is 11.8 Å². The van der Waals surface area contributed by atoms with Gasteiger partial charge < -0.3 is 10.4 Å². The van der Waals surface area contributed by atoms with Crippen molar-refractivity contribution >= 4 is 23.4 Å². The average Bonchev–Trinajstić information content (AvgIpc) is 2.19. The minimum Gasteiger partial charge on any atom is -0.384 e. The molecule has 1 unspecified atom stereocenters. The van der Waals surface area contributed by atoms with Gasteiger partial charge in [0.2, 0.25) is 0 Å². The Labute approximate surface area is 87.5 Å². The third-order valence-corrected chi connectivity index (χ3v) is 2.48. The zero-order chi connectivity index (χ0) is 10.6. The van der Waals surface area contributed by atoms with E-state index in [9.17, 15) is 4.79 Å². The summed E-state index contributed by atoms with van der Waals surface area (Å²) in [5, 5.41) is 11.6. The van der Waals surface area contributed by atoms with Crippen LogP contribution >= 0.6 is 11.8 Å². The summed E-state index contributed by atoms with van der Waals surface area (Å²) in [7, 11) is 0. The molecule has 0 aliphatic carbocycles. The third kappa shape index (κ3) is 3.05. The van der Waals surface area contributed by atoms with Gasteiger partial charge in [0.25, 0.3) is 5.91 Å². The Bertz CT molecular complexity index is 308. The summed E-state index contributed by atoms with van der Waals surface area (Å²) < 4.78 is 0. The molecule has 0 fully saturated rings. The highest BCUT2D eigenvalue weighted by atomic mass is 32.2. The molecule has 14 heavy (non-hydrogen) atoms. The lowest BCUT2D eigenvalue weighted by molar-refractivity contribution is -0.123. The summed E-state index contributed by atoms with van der Waals surface area (Å²) in [6.07, 6.45) is 1.01. The van der Waals surface area contributed by atoms with Crippen LogP contribution in [-0.2, 0) is 4.79 Å². The Balaban J connectivity index is 2.64. The molecule has 1 atom stereocenters. The predicted octanol–water partition coefficient (Wildman–Crippen LogP) is 1.73. The van der Waals surface area contributed by atoms with Crippen LogP contribution in [0, 0.1) is 0 Å². The van der Waals surface area contributed by atoms with Gasteiger partial charge in [0.15, 0.2) is 0 Å². The first kappa shape index (κ1) is 11.1. The Morgan fingerprint density at radius 3 is 2.43 bits per heavy atom. The van der Waals surface area contributed by atoms with Crippen molar-refractivity contribution in [2.75, 3.05) is 11.6 Å². The van der Waals surface area contributed by atoms with Gasteiger partial charge in [-0.1, -0.05) is 0 Å². The number of carbonyl (C=O) groups excluding carboxylic acids is 1. The number of carbonyl (C=O) groups is 1. The van der Waals surface area contributed by atoms with E-state index in [0.29, 0.717) is 5.69 Å². The summed E-state index contributed by atoms with van der Waals surface area (Å²) >= 11 is 1.64. The molecule has 0 saturated carbocycles. The number of hydrogen-bond donors (Lipinski definition) is 2. The number of nitrogens with one attached hydrogen (secondary N) is 1. The number of hydrogen-bond acceptors (Lipinski definition) is 3. The molecule has 0 saturated heterocycles. The number of rotatable bonds is 3. The molecule has 0 radical (unpaired) electrons. The molecule has 0 aliphatic rings. The lowest BCUT2D eigenvalue weighted by atomic mass is 10.3. The fourth-order valence-corrected chi connectivity index (χ4v) is 1.33. The molecule has 1 aromatic rings. The van der Waals surface area contributed by atoms with E-state index in [-0.39, 0.29) is 5.91 Å². The smallest absolute Gasteiger partial charge is 0.252 e. The first-order chi connectivity index (χ1) is 6.63. The van der Waals surface area contributed by atoms with Crippen molar-refractivity contribution < 1.29 is 9.90 Å².